The highest BCUT2D eigenvalue weighted by Gasteiger charge is 2.62. The molecule has 3 N–H and O–H groups in total. The van der Waals surface area contributed by atoms with E-state index in [9.17, 15) is 19.5 Å². The average Bonchev–Trinajstić information content (AvgIpc) is 2.67. The van der Waals surface area contributed by atoms with Crippen LogP contribution in [0.4, 0.5) is 0 Å². The summed E-state index contributed by atoms with van der Waals surface area (Å²) >= 11 is 0. The molecule has 0 bridgehead atoms. The maximum Gasteiger partial charge on any atom is 0.371 e. The molecule has 1 aromatic carbocycles. The molecule has 3 rings (SSSR count). The van der Waals surface area contributed by atoms with Crippen LogP contribution in [0.5, 0.6) is 5.75 Å². The van der Waals surface area contributed by atoms with Crippen LogP contribution < -0.4 is 4.74 Å². The minimum absolute atomic E-state index is 0.0845. The molecule has 2 aromatic rings. The van der Waals surface area contributed by atoms with Crippen LogP contribution >= 0.6 is 14.9 Å². The third kappa shape index (κ3) is 4.32. The highest BCUT2D eigenvalue weighted by molar-refractivity contribution is 7.78. The van der Waals surface area contributed by atoms with Gasteiger partial charge in [-0.05, 0) is 36.6 Å². The first kappa shape index (κ1) is 21.7. The molecule has 2 heterocycles. The van der Waals surface area contributed by atoms with Crippen molar-refractivity contribution in [3.05, 3.63) is 72.4 Å². The van der Waals surface area contributed by atoms with Crippen LogP contribution in [0, 0.1) is 0 Å². The van der Waals surface area contributed by atoms with Gasteiger partial charge < -0.3 is 24.4 Å². The zero-order valence-corrected chi connectivity index (χ0v) is 17.3. The number of rotatable bonds is 6. The first-order chi connectivity index (χ1) is 13.6. The van der Waals surface area contributed by atoms with E-state index in [2.05, 4.69) is 17.9 Å². The molecule has 0 aliphatic carbocycles. The Kier molecular flexibility index (Phi) is 6.03. The van der Waals surface area contributed by atoms with Crippen LogP contribution in [-0.2, 0) is 24.8 Å². The minimum atomic E-state index is -4.78. The van der Waals surface area contributed by atoms with Gasteiger partial charge in [-0.25, -0.2) is 0 Å². The van der Waals surface area contributed by atoms with Crippen LogP contribution in [0.25, 0.3) is 0 Å². The number of aliphatic hydroxyl groups is 1. The van der Waals surface area contributed by atoms with Gasteiger partial charge in [-0.3, -0.25) is 18.6 Å². The zero-order valence-electron chi connectivity index (χ0n) is 15.5. The Bertz CT molecular complexity index is 953. The van der Waals surface area contributed by atoms with Crippen LogP contribution in [0.3, 0.4) is 0 Å². The first-order valence-corrected chi connectivity index (χ1v) is 11.8. The summed E-state index contributed by atoms with van der Waals surface area (Å²) in [6.45, 7) is 3.54. The van der Waals surface area contributed by atoms with Crippen molar-refractivity contribution in [1.29, 1.82) is 0 Å². The number of hydrogen-bond acceptors (Lipinski definition) is 8. The largest absolute Gasteiger partial charge is 0.469 e. The second-order valence-electron chi connectivity index (χ2n) is 6.32. The molecule has 0 radical (unpaired) electrons. The lowest BCUT2D eigenvalue weighted by molar-refractivity contribution is -0.0473. The van der Waals surface area contributed by atoms with Gasteiger partial charge in [0.2, 0.25) is 5.08 Å². The number of methoxy groups -OCH3 is 1. The maximum absolute atomic E-state index is 12.9. The smallest absolute Gasteiger partial charge is 0.371 e. The molecular formula is C18H21NO8P2. The second kappa shape index (κ2) is 8.05. The lowest BCUT2D eigenvalue weighted by Gasteiger charge is -2.45. The van der Waals surface area contributed by atoms with E-state index in [0.717, 1.165) is 0 Å². The molecule has 29 heavy (non-hydrogen) atoms. The van der Waals surface area contributed by atoms with Crippen LogP contribution in [0.2, 0.25) is 0 Å². The second-order valence-corrected chi connectivity index (χ2v) is 11.0. The van der Waals surface area contributed by atoms with E-state index in [1.54, 1.807) is 12.1 Å². The van der Waals surface area contributed by atoms with Crippen molar-refractivity contribution in [2.24, 2.45) is 0 Å². The van der Waals surface area contributed by atoms with Crippen LogP contribution in [-0.4, -0.2) is 38.4 Å². The third-order valence-corrected chi connectivity index (χ3v) is 9.35. The number of aromatic nitrogens is 1. The Morgan fingerprint density at radius 3 is 2.52 bits per heavy atom. The van der Waals surface area contributed by atoms with Crippen molar-refractivity contribution in [1.82, 2.24) is 4.98 Å². The fraction of sp³-hybridized carbons (Fsp3) is 0.222. The summed E-state index contributed by atoms with van der Waals surface area (Å²) in [5.74, 6) is 0.484. The lowest BCUT2D eigenvalue weighted by atomic mass is 10.2. The van der Waals surface area contributed by atoms with Crippen molar-refractivity contribution in [2.75, 3.05) is 7.11 Å². The maximum atomic E-state index is 12.9. The van der Waals surface area contributed by atoms with Gasteiger partial charge >= 0.3 is 7.60 Å². The number of nitrogens with zero attached hydrogens (tertiary/aromatic N) is 1. The first-order valence-electron chi connectivity index (χ1n) is 8.36. The molecule has 1 fully saturated rings. The van der Waals surface area contributed by atoms with E-state index in [1.165, 1.54) is 43.8 Å². The van der Waals surface area contributed by atoms with Gasteiger partial charge in [0.15, 0.2) is 13.6 Å². The predicted molar refractivity (Wildman–Crippen MR) is 107 cm³/mol. The summed E-state index contributed by atoms with van der Waals surface area (Å²) in [5, 5.41) is 8.32. The van der Waals surface area contributed by atoms with Gasteiger partial charge in [-0.2, -0.15) is 0 Å². The molecule has 0 amide bonds. The molecular weight excluding hydrogens is 420 g/mol. The molecule has 1 aliphatic heterocycles. The van der Waals surface area contributed by atoms with Gasteiger partial charge in [0.05, 0.1) is 7.11 Å². The number of hydrogen-bond donors (Lipinski definition) is 3. The molecule has 156 valence electrons. The van der Waals surface area contributed by atoms with Crippen molar-refractivity contribution in [2.45, 2.75) is 17.8 Å². The van der Waals surface area contributed by atoms with Gasteiger partial charge in [-0.15, -0.1) is 0 Å². The molecule has 0 spiro atoms. The Hall–Kier alpha value is -1.96. The van der Waals surface area contributed by atoms with E-state index < -0.39 is 32.7 Å². The van der Waals surface area contributed by atoms with Gasteiger partial charge in [0.1, 0.15) is 5.75 Å². The normalized spacial score (nSPS) is 31.8. The monoisotopic (exact) mass is 441 g/mol. The third-order valence-electron chi connectivity index (χ3n) is 4.30. The summed E-state index contributed by atoms with van der Waals surface area (Å²) in [6, 6.07) is 9.26. The molecule has 9 nitrogen and oxygen atoms in total. The Morgan fingerprint density at radius 1 is 1.28 bits per heavy atom. The van der Waals surface area contributed by atoms with Crippen molar-refractivity contribution < 1.29 is 38.0 Å². The summed E-state index contributed by atoms with van der Waals surface area (Å²) in [7, 11) is -7.41. The molecule has 4 unspecified atom stereocenters. The number of ether oxygens (including phenoxy) is 2. The Balaban J connectivity index is 1.85. The fourth-order valence-corrected chi connectivity index (χ4v) is 6.65. The van der Waals surface area contributed by atoms with Gasteiger partial charge in [0, 0.05) is 24.4 Å². The number of pyridine rings is 1. The topological polar surface area (TPSA) is 128 Å². The van der Waals surface area contributed by atoms with E-state index >= 15 is 0 Å². The Labute approximate surface area is 167 Å². The van der Waals surface area contributed by atoms with Crippen LogP contribution in [0.15, 0.2) is 61.3 Å². The zero-order chi connectivity index (χ0) is 21.3. The molecule has 1 aliphatic rings. The molecule has 11 heteroatoms. The lowest BCUT2D eigenvalue weighted by Crippen LogP contribution is -2.38. The summed E-state index contributed by atoms with van der Waals surface area (Å²) in [5.41, 5.74) is 0.733. The van der Waals surface area contributed by atoms with Crippen molar-refractivity contribution in [3.8, 4) is 5.75 Å². The van der Waals surface area contributed by atoms with E-state index in [1.807, 2.05) is 0 Å². The van der Waals surface area contributed by atoms with E-state index in [0.29, 0.717) is 16.9 Å². The average molecular weight is 441 g/mol. The van der Waals surface area contributed by atoms with E-state index in [4.69, 9.17) is 18.5 Å². The van der Waals surface area contributed by atoms with Gasteiger partial charge in [0.25, 0.3) is 5.95 Å². The molecule has 1 saturated heterocycles. The standard InChI is InChI=1S/C18H21NO8P2/c1-13(24-2)25-16-8-6-15(7-9-16)17-26-28(3,21)18(20,29(22,23)27-17)11-14-5-4-10-19-12-14/h4-10,12,17,20-21H,1,3,11H2,2H3,(H,22,23). The SMILES string of the molecule is C=C(OC)Oc1ccc(C2OP(=C)(O)C(O)(Cc3cccnc3)P(=O)(O)O2)cc1. The molecule has 1 aromatic heterocycles. The summed E-state index contributed by atoms with van der Waals surface area (Å²) in [4.78, 5) is 25.1. The summed E-state index contributed by atoms with van der Waals surface area (Å²) < 4.78 is 33.7. The highest BCUT2D eigenvalue weighted by Crippen LogP contribution is 2.78. The highest BCUT2D eigenvalue weighted by atomic mass is 31.2. The molecule has 4 atom stereocenters. The molecule has 0 saturated carbocycles. The fourth-order valence-electron chi connectivity index (χ4n) is 2.66. The number of benzene rings is 1. The van der Waals surface area contributed by atoms with E-state index in [-0.39, 0.29) is 5.95 Å². The van der Waals surface area contributed by atoms with Crippen LogP contribution in [0.1, 0.15) is 17.4 Å². The Morgan fingerprint density at radius 2 is 1.97 bits per heavy atom. The minimum Gasteiger partial charge on any atom is -0.469 e. The van der Waals surface area contributed by atoms with Crippen molar-refractivity contribution >= 4 is 21.2 Å². The van der Waals surface area contributed by atoms with Crippen molar-refractivity contribution in [3.63, 3.8) is 0 Å². The van der Waals surface area contributed by atoms with Gasteiger partial charge in [-0.1, -0.05) is 18.2 Å². The quantitative estimate of drug-likeness (QED) is 0.458. The predicted octanol–water partition coefficient (Wildman–Crippen LogP) is 2.97. The summed E-state index contributed by atoms with van der Waals surface area (Å²) in [6.07, 6.45) is 4.61.